The molecule has 17 heavy (non-hydrogen) atoms. The Morgan fingerprint density at radius 1 is 1.35 bits per heavy atom. The summed E-state index contributed by atoms with van der Waals surface area (Å²) in [6, 6.07) is 7.60. The van der Waals surface area contributed by atoms with Gasteiger partial charge in [-0.15, -0.1) is 0 Å². The number of aliphatic hydroxyl groups is 1. The maximum atomic E-state index is 10.1. The SMILES string of the molecule is CCCC(OCC)C(O)Cc1cccc(Cl)c1. The minimum Gasteiger partial charge on any atom is -0.390 e. The molecule has 0 fully saturated rings. The van der Waals surface area contributed by atoms with Crippen molar-refractivity contribution >= 4 is 11.6 Å². The first kappa shape index (κ1) is 14.5. The Kier molecular flexibility index (Phi) is 6.56. The zero-order valence-electron chi connectivity index (χ0n) is 10.5. The second-order valence-corrected chi connectivity index (χ2v) is 4.62. The first-order chi connectivity index (χ1) is 8.17. The molecule has 96 valence electrons. The van der Waals surface area contributed by atoms with Gasteiger partial charge < -0.3 is 9.84 Å². The molecule has 0 spiro atoms. The standard InChI is InChI=1S/C14H21ClO2/c1-3-6-14(17-4-2)13(16)10-11-7-5-8-12(15)9-11/h5,7-9,13-14,16H,3-4,6,10H2,1-2H3. The number of hydrogen-bond acceptors (Lipinski definition) is 2. The van der Waals surface area contributed by atoms with Crippen molar-refractivity contribution in [1.82, 2.24) is 0 Å². The predicted molar refractivity (Wildman–Crippen MR) is 71.5 cm³/mol. The maximum absolute atomic E-state index is 10.1. The molecular formula is C14H21ClO2. The second kappa shape index (κ2) is 7.70. The van der Waals surface area contributed by atoms with Gasteiger partial charge in [-0.2, -0.15) is 0 Å². The molecule has 0 heterocycles. The summed E-state index contributed by atoms with van der Waals surface area (Å²) in [4.78, 5) is 0. The molecule has 0 aliphatic rings. The summed E-state index contributed by atoms with van der Waals surface area (Å²) in [5, 5.41) is 10.9. The number of benzene rings is 1. The van der Waals surface area contributed by atoms with Crippen LogP contribution in [0, 0.1) is 0 Å². The monoisotopic (exact) mass is 256 g/mol. The minimum atomic E-state index is -0.464. The van der Waals surface area contributed by atoms with Crippen molar-refractivity contribution in [1.29, 1.82) is 0 Å². The number of halogens is 1. The van der Waals surface area contributed by atoms with Crippen molar-refractivity contribution in [2.45, 2.75) is 45.3 Å². The van der Waals surface area contributed by atoms with E-state index >= 15 is 0 Å². The summed E-state index contributed by atoms with van der Waals surface area (Å²) in [6.45, 7) is 4.68. The highest BCUT2D eigenvalue weighted by molar-refractivity contribution is 6.30. The highest BCUT2D eigenvalue weighted by Crippen LogP contribution is 2.16. The quantitative estimate of drug-likeness (QED) is 0.810. The Hall–Kier alpha value is -0.570. The van der Waals surface area contributed by atoms with Gasteiger partial charge in [0.05, 0.1) is 12.2 Å². The summed E-state index contributed by atoms with van der Waals surface area (Å²) in [5.74, 6) is 0. The van der Waals surface area contributed by atoms with Crippen molar-refractivity contribution in [3.8, 4) is 0 Å². The van der Waals surface area contributed by atoms with Crippen molar-refractivity contribution in [2.24, 2.45) is 0 Å². The molecule has 2 unspecified atom stereocenters. The van der Waals surface area contributed by atoms with E-state index in [9.17, 15) is 5.11 Å². The maximum Gasteiger partial charge on any atom is 0.0842 e. The molecule has 0 radical (unpaired) electrons. The van der Waals surface area contributed by atoms with Crippen molar-refractivity contribution in [3.05, 3.63) is 34.9 Å². The zero-order valence-corrected chi connectivity index (χ0v) is 11.3. The van der Waals surface area contributed by atoms with Crippen LogP contribution in [0.5, 0.6) is 0 Å². The molecule has 0 aromatic heterocycles. The molecule has 0 bridgehead atoms. The molecule has 0 aliphatic carbocycles. The highest BCUT2D eigenvalue weighted by atomic mass is 35.5. The largest absolute Gasteiger partial charge is 0.390 e. The third-order valence-corrected chi connectivity index (χ3v) is 2.95. The van der Waals surface area contributed by atoms with Crippen LogP contribution < -0.4 is 0 Å². The van der Waals surface area contributed by atoms with Crippen LogP contribution in [-0.4, -0.2) is 23.9 Å². The lowest BCUT2D eigenvalue weighted by atomic mass is 10.0. The van der Waals surface area contributed by atoms with Crippen LogP contribution in [0.3, 0.4) is 0 Å². The summed E-state index contributed by atoms with van der Waals surface area (Å²) in [6.07, 6.45) is 1.94. The Morgan fingerprint density at radius 2 is 2.12 bits per heavy atom. The topological polar surface area (TPSA) is 29.5 Å². The molecule has 0 saturated heterocycles. The van der Waals surface area contributed by atoms with Crippen LogP contribution in [0.2, 0.25) is 5.02 Å². The average Bonchev–Trinajstić information content (AvgIpc) is 2.28. The molecule has 2 atom stereocenters. The molecular weight excluding hydrogens is 236 g/mol. The lowest BCUT2D eigenvalue weighted by Crippen LogP contribution is -2.30. The lowest BCUT2D eigenvalue weighted by molar-refractivity contribution is -0.0363. The molecule has 1 aromatic carbocycles. The van der Waals surface area contributed by atoms with E-state index in [4.69, 9.17) is 16.3 Å². The van der Waals surface area contributed by atoms with Gasteiger partial charge in [0.15, 0.2) is 0 Å². The van der Waals surface area contributed by atoms with Crippen LogP contribution in [0.15, 0.2) is 24.3 Å². The van der Waals surface area contributed by atoms with Crippen LogP contribution in [0.25, 0.3) is 0 Å². The van der Waals surface area contributed by atoms with Gasteiger partial charge in [0.2, 0.25) is 0 Å². The summed E-state index contributed by atoms with van der Waals surface area (Å²) < 4.78 is 5.56. The average molecular weight is 257 g/mol. The van der Waals surface area contributed by atoms with Gasteiger partial charge in [-0.05, 0) is 31.0 Å². The number of aliphatic hydroxyl groups excluding tert-OH is 1. The third-order valence-electron chi connectivity index (χ3n) is 2.72. The molecule has 0 aliphatic heterocycles. The van der Waals surface area contributed by atoms with Crippen molar-refractivity contribution in [2.75, 3.05) is 6.61 Å². The van der Waals surface area contributed by atoms with E-state index in [-0.39, 0.29) is 6.10 Å². The predicted octanol–water partition coefficient (Wildman–Crippen LogP) is 3.45. The van der Waals surface area contributed by atoms with E-state index in [0.29, 0.717) is 18.1 Å². The number of hydrogen-bond donors (Lipinski definition) is 1. The molecule has 3 heteroatoms. The van der Waals surface area contributed by atoms with Crippen LogP contribution in [0.1, 0.15) is 32.3 Å². The highest BCUT2D eigenvalue weighted by Gasteiger charge is 2.18. The fourth-order valence-corrected chi connectivity index (χ4v) is 2.14. The van der Waals surface area contributed by atoms with E-state index in [0.717, 1.165) is 18.4 Å². The molecule has 0 amide bonds. The molecule has 2 nitrogen and oxygen atoms in total. The van der Waals surface area contributed by atoms with E-state index in [1.165, 1.54) is 0 Å². The molecule has 1 aromatic rings. The summed E-state index contributed by atoms with van der Waals surface area (Å²) in [7, 11) is 0. The normalized spacial score (nSPS) is 14.6. The second-order valence-electron chi connectivity index (χ2n) is 4.18. The molecule has 0 saturated carbocycles. The van der Waals surface area contributed by atoms with Gasteiger partial charge in [0.25, 0.3) is 0 Å². The Bertz CT molecular complexity index is 322. The van der Waals surface area contributed by atoms with Crippen LogP contribution >= 0.6 is 11.6 Å². The Morgan fingerprint density at radius 3 is 2.71 bits per heavy atom. The van der Waals surface area contributed by atoms with E-state index in [1.54, 1.807) is 0 Å². The third kappa shape index (κ3) is 5.07. The van der Waals surface area contributed by atoms with E-state index in [1.807, 2.05) is 31.2 Å². The summed E-state index contributed by atoms with van der Waals surface area (Å²) >= 11 is 5.92. The Labute approximate surface area is 109 Å². The lowest BCUT2D eigenvalue weighted by Gasteiger charge is -2.22. The van der Waals surface area contributed by atoms with E-state index in [2.05, 4.69) is 6.92 Å². The summed E-state index contributed by atoms with van der Waals surface area (Å²) in [5.41, 5.74) is 1.05. The first-order valence-electron chi connectivity index (χ1n) is 6.21. The van der Waals surface area contributed by atoms with Gasteiger partial charge in [-0.3, -0.25) is 0 Å². The number of ether oxygens (including phenoxy) is 1. The van der Waals surface area contributed by atoms with E-state index < -0.39 is 6.10 Å². The van der Waals surface area contributed by atoms with Crippen LogP contribution in [0.4, 0.5) is 0 Å². The smallest absolute Gasteiger partial charge is 0.0842 e. The fourth-order valence-electron chi connectivity index (χ4n) is 1.92. The number of rotatable bonds is 7. The van der Waals surface area contributed by atoms with Gasteiger partial charge in [-0.1, -0.05) is 37.1 Å². The van der Waals surface area contributed by atoms with Gasteiger partial charge in [0, 0.05) is 18.1 Å². The van der Waals surface area contributed by atoms with Crippen molar-refractivity contribution in [3.63, 3.8) is 0 Å². The fraction of sp³-hybridized carbons (Fsp3) is 0.571. The van der Waals surface area contributed by atoms with Crippen LogP contribution in [-0.2, 0) is 11.2 Å². The minimum absolute atomic E-state index is 0.0796. The molecule has 1 N–H and O–H groups in total. The van der Waals surface area contributed by atoms with Gasteiger partial charge >= 0.3 is 0 Å². The molecule has 1 rings (SSSR count). The zero-order chi connectivity index (χ0) is 12.7. The van der Waals surface area contributed by atoms with Gasteiger partial charge in [-0.25, -0.2) is 0 Å². The van der Waals surface area contributed by atoms with Gasteiger partial charge in [0.1, 0.15) is 0 Å². The van der Waals surface area contributed by atoms with Crippen molar-refractivity contribution < 1.29 is 9.84 Å². The first-order valence-corrected chi connectivity index (χ1v) is 6.59. The Balaban J connectivity index is 2.59.